The Hall–Kier alpha value is -1.63. The summed E-state index contributed by atoms with van der Waals surface area (Å²) in [6.07, 6.45) is -5.51. The van der Waals surface area contributed by atoms with Crippen LogP contribution in [0.1, 0.15) is 37.8 Å². The van der Waals surface area contributed by atoms with Crippen LogP contribution < -0.4 is 5.73 Å². The van der Waals surface area contributed by atoms with Gasteiger partial charge in [-0.3, -0.25) is 4.79 Å². The second kappa shape index (κ2) is 6.43. The topological polar surface area (TPSA) is 52.3 Å². The fourth-order valence-electron chi connectivity index (χ4n) is 1.82. The van der Waals surface area contributed by atoms with Gasteiger partial charge >= 0.3 is 12.1 Å². The molecule has 0 aliphatic heterocycles. The highest BCUT2D eigenvalue weighted by atomic mass is 19.4. The van der Waals surface area contributed by atoms with Crippen LogP contribution >= 0.6 is 0 Å². The third-order valence-electron chi connectivity index (χ3n) is 3.19. The molecule has 3 nitrogen and oxygen atoms in total. The molecule has 0 saturated carbocycles. The van der Waals surface area contributed by atoms with E-state index in [2.05, 4.69) is 0 Å². The number of hydrogen-bond acceptors (Lipinski definition) is 3. The van der Waals surface area contributed by atoms with Crippen LogP contribution in [0.3, 0.4) is 0 Å². The minimum Gasteiger partial charge on any atom is -0.461 e. The Bertz CT molecular complexity index is 514. The molecule has 1 rings (SSSR count). The standard InChI is InChI=1S/C14H17F4NO2/c1-7(9(3)21-13(20)8(2)19)11-5-4-10(15)6-12(11)14(16,17)18/h4-9H,19H2,1-3H3/t7-,8-,9+/m0/s1. The number of halogens is 4. The van der Waals surface area contributed by atoms with Crippen LogP contribution in [0.15, 0.2) is 18.2 Å². The maximum absolute atomic E-state index is 13.1. The number of alkyl halides is 3. The summed E-state index contributed by atoms with van der Waals surface area (Å²) in [6, 6.07) is 1.57. The Morgan fingerprint density at radius 1 is 1.24 bits per heavy atom. The van der Waals surface area contributed by atoms with E-state index in [1.807, 2.05) is 0 Å². The van der Waals surface area contributed by atoms with Crippen LogP contribution in [-0.2, 0) is 15.7 Å². The summed E-state index contributed by atoms with van der Waals surface area (Å²) >= 11 is 0. The molecule has 0 aliphatic rings. The van der Waals surface area contributed by atoms with Crippen molar-refractivity contribution in [1.82, 2.24) is 0 Å². The van der Waals surface area contributed by atoms with E-state index in [1.54, 1.807) is 0 Å². The van der Waals surface area contributed by atoms with Gasteiger partial charge in [-0.05, 0) is 31.5 Å². The van der Waals surface area contributed by atoms with E-state index in [0.29, 0.717) is 6.07 Å². The summed E-state index contributed by atoms with van der Waals surface area (Å²) in [4.78, 5) is 11.4. The number of carbonyl (C=O) groups excluding carboxylic acids is 1. The first-order chi connectivity index (χ1) is 9.54. The van der Waals surface area contributed by atoms with Crippen molar-refractivity contribution in [2.75, 3.05) is 0 Å². The summed E-state index contributed by atoms with van der Waals surface area (Å²) in [5, 5.41) is 0. The highest BCUT2D eigenvalue weighted by Crippen LogP contribution is 2.37. The molecule has 0 fully saturated rings. The molecule has 1 aromatic rings. The minimum absolute atomic E-state index is 0.131. The first kappa shape index (κ1) is 17.4. The van der Waals surface area contributed by atoms with Crippen molar-refractivity contribution in [3.63, 3.8) is 0 Å². The smallest absolute Gasteiger partial charge is 0.416 e. The number of carbonyl (C=O) groups is 1. The van der Waals surface area contributed by atoms with Gasteiger partial charge in [0, 0.05) is 5.92 Å². The normalized spacial score (nSPS) is 16.2. The first-order valence-electron chi connectivity index (χ1n) is 6.36. The quantitative estimate of drug-likeness (QED) is 0.686. The zero-order chi connectivity index (χ0) is 16.4. The molecule has 0 spiro atoms. The van der Waals surface area contributed by atoms with Crippen molar-refractivity contribution in [2.24, 2.45) is 5.73 Å². The van der Waals surface area contributed by atoms with Gasteiger partial charge in [0.05, 0.1) is 5.56 Å². The fraction of sp³-hybridized carbons (Fsp3) is 0.500. The first-order valence-corrected chi connectivity index (χ1v) is 6.36. The molecule has 2 N–H and O–H groups in total. The van der Waals surface area contributed by atoms with Gasteiger partial charge in [0.1, 0.15) is 18.0 Å². The third-order valence-corrected chi connectivity index (χ3v) is 3.19. The second-order valence-electron chi connectivity index (χ2n) is 4.95. The van der Waals surface area contributed by atoms with Crippen LogP contribution in [-0.4, -0.2) is 18.1 Å². The number of hydrogen-bond donors (Lipinski definition) is 1. The molecule has 118 valence electrons. The van der Waals surface area contributed by atoms with Crippen LogP contribution in [0.2, 0.25) is 0 Å². The van der Waals surface area contributed by atoms with E-state index < -0.39 is 41.6 Å². The monoisotopic (exact) mass is 307 g/mol. The Labute approximate surface area is 120 Å². The summed E-state index contributed by atoms with van der Waals surface area (Å²) in [7, 11) is 0. The molecule has 0 amide bonds. The van der Waals surface area contributed by atoms with Crippen LogP contribution in [0.5, 0.6) is 0 Å². The molecule has 7 heteroatoms. The van der Waals surface area contributed by atoms with Gasteiger partial charge in [0.15, 0.2) is 0 Å². The van der Waals surface area contributed by atoms with Crippen molar-refractivity contribution in [3.8, 4) is 0 Å². The van der Waals surface area contributed by atoms with E-state index in [-0.39, 0.29) is 5.56 Å². The maximum atomic E-state index is 13.1. The minimum atomic E-state index is -4.68. The molecule has 0 aliphatic carbocycles. The lowest BCUT2D eigenvalue weighted by molar-refractivity contribution is -0.150. The Balaban J connectivity index is 3.07. The van der Waals surface area contributed by atoms with Crippen LogP contribution in [0.25, 0.3) is 0 Å². The van der Waals surface area contributed by atoms with Crippen molar-refractivity contribution < 1.29 is 27.1 Å². The average molecular weight is 307 g/mol. The summed E-state index contributed by atoms with van der Waals surface area (Å²) in [6.45, 7) is 4.36. The van der Waals surface area contributed by atoms with Gasteiger partial charge in [-0.15, -0.1) is 0 Å². The van der Waals surface area contributed by atoms with Crippen LogP contribution in [0, 0.1) is 5.82 Å². The number of nitrogens with two attached hydrogens (primary N) is 1. The lowest BCUT2D eigenvalue weighted by Crippen LogP contribution is -2.33. The summed E-state index contributed by atoms with van der Waals surface area (Å²) in [5.74, 6) is -2.44. The van der Waals surface area contributed by atoms with Gasteiger partial charge in [-0.1, -0.05) is 13.0 Å². The van der Waals surface area contributed by atoms with E-state index in [0.717, 1.165) is 12.1 Å². The van der Waals surface area contributed by atoms with Gasteiger partial charge < -0.3 is 10.5 Å². The van der Waals surface area contributed by atoms with Crippen LogP contribution in [0.4, 0.5) is 17.6 Å². The molecule has 0 unspecified atom stereocenters. The fourth-order valence-corrected chi connectivity index (χ4v) is 1.82. The molecule has 21 heavy (non-hydrogen) atoms. The Morgan fingerprint density at radius 2 is 1.81 bits per heavy atom. The molecular formula is C14H17F4NO2. The zero-order valence-corrected chi connectivity index (χ0v) is 11.9. The van der Waals surface area contributed by atoms with E-state index in [9.17, 15) is 22.4 Å². The zero-order valence-electron chi connectivity index (χ0n) is 11.9. The van der Waals surface area contributed by atoms with Gasteiger partial charge in [0.2, 0.25) is 0 Å². The Morgan fingerprint density at radius 3 is 2.29 bits per heavy atom. The highest BCUT2D eigenvalue weighted by molar-refractivity contribution is 5.75. The maximum Gasteiger partial charge on any atom is 0.416 e. The predicted molar refractivity (Wildman–Crippen MR) is 69.0 cm³/mol. The lowest BCUT2D eigenvalue weighted by atomic mass is 9.91. The molecule has 0 heterocycles. The molecule has 0 saturated heterocycles. The molecule has 0 aromatic heterocycles. The van der Waals surface area contributed by atoms with Gasteiger partial charge in [-0.25, -0.2) is 4.39 Å². The largest absolute Gasteiger partial charge is 0.461 e. The third kappa shape index (κ3) is 4.42. The molecule has 0 radical (unpaired) electrons. The SMILES string of the molecule is C[C@H](N)C(=O)O[C@H](C)[C@H](C)c1ccc(F)cc1C(F)(F)F. The molecule has 0 bridgehead atoms. The van der Waals surface area contributed by atoms with Crippen molar-refractivity contribution in [2.45, 2.75) is 45.0 Å². The average Bonchev–Trinajstić information content (AvgIpc) is 2.36. The van der Waals surface area contributed by atoms with E-state index in [1.165, 1.54) is 20.8 Å². The van der Waals surface area contributed by atoms with E-state index >= 15 is 0 Å². The van der Waals surface area contributed by atoms with Crippen molar-refractivity contribution in [3.05, 3.63) is 35.1 Å². The summed E-state index contributed by atoms with van der Waals surface area (Å²) < 4.78 is 56.9. The molecule has 3 atom stereocenters. The van der Waals surface area contributed by atoms with Gasteiger partial charge in [0.25, 0.3) is 0 Å². The number of rotatable bonds is 4. The highest BCUT2D eigenvalue weighted by Gasteiger charge is 2.36. The molecule has 1 aromatic carbocycles. The number of esters is 1. The molecular weight excluding hydrogens is 290 g/mol. The second-order valence-corrected chi connectivity index (χ2v) is 4.95. The van der Waals surface area contributed by atoms with Crippen molar-refractivity contribution >= 4 is 5.97 Å². The number of ether oxygens (including phenoxy) is 1. The lowest BCUT2D eigenvalue weighted by Gasteiger charge is -2.24. The predicted octanol–water partition coefficient (Wildman–Crippen LogP) is 3.23. The van der Waals surface area contributed by atoms with Crippen molar-refractivity contribution in [1.29, 1.82) is 0 Å². The number of benzene rings is 1. The van der Waals surface area contributed by atoms with E-state index in [4.69, 9.17) is 10.5 Å². The summed E-state index contributed by atoms with van der Waals surface area (Å²) in [5.41, 5.74) is 4.14. The Kier molecular flexibility index (Phi) is 5.33. The van der Waals surface area contributed by atoms with Gasteiger partial charge in [-0.2, -0.15) is 13.2 Å².